The molecule has 80 valence electrons. The SMILES string of the molecule is CN1C(C2CCC2)CC(=O)N1CCN. The monoisotopic (exact) mass is 197 g/mol. The number of rotatable bonds is 3. The molecule has 1 aliphatic carbocycles. The molecule has 2 fully saturated rings. The Bertz CT molecular complexity index is 227. The van der Waals surface area contributed by atoms with Gasteiger partial charge < -0.3 is 5.73 Å². The van der Waals surface area contributed by atoms with E-state index in [4.69, 9.17) is 5.73 Å². The predicted molar refractivity (Wildman–Crippen MR) is 54.3 cm³/mol. The van der Waals surface area contributed by atoms with Crippen molar-refractivity contribution in [3.05, 3.63) is 0 Å². The summed E-state index contributed by atoms with van der Waals surface area (Å²) in [7, 11) is 2.02. The zero-order valence-corrected chi connectivity index (χ0v) is 8.78. The molecule has 2 N–H and O–H groups in total. The van der Waals surface area contributed by atoms with Gasteiger partial charge in [-0.05, 0) is 18.8 Å². The standard InChI is InChI=1S/C10H19N3O/c1-12-9(8-3-2-4-8)7-10(14)13(12)6-5-11/h8-9H,2-7,11H2,1H3. The molecule has 0 aromatic heterocycles. The Morgan fingerprint density at radius 2 is 2.21 bits per heavy atom. The van der Waals surface area contributed by atoms with Gasteiger partial charge in [0.05, 0.1) is 0 Å². The fraction of sp³-hybridized carbons (Fsp3) is 0.900. The van der Waals surface area contributed by atoms with Crippen molar-refractivity contribution in [2.45, 2.75) is 31.7 Å². The van der Waals surface area contributed by atoms with Crippen LogP contribution in [0.3, 0.4) is 0 Å². The minimum Gasteiger partial charge on any atom is -0.329 e. The molecule has 1 aliphatic heterocycles. The second-order valence-corrected chi connectivity index (χ2v) is 4.34. The van der Waals surface area contributed by atoms with Crippen molar-refractivity contribution >= 4 is 5.91 Å². The van der Waals surface area contributed by atoms with Crippen molar-refractivity contribution in [3.8, 4) is 0 Å². The molecule has 1 amide bonds. The van der Waals surface area contributed by atoms with Crippen LogP contribution in [0.1, 0.15) is 25.7 Å². The summed E-state index contributed by atoms with van der Waals surface area (Å²) in [6.07, 6.45) is 4.61. The first kappa shape index (κ1) is 9.93. The summed E-state index contributed by atoms with van der Waals surface area (Å²) in [6.45, 7) is 1.21. The molecule has 0 radical (unpaired) electrons. The third-order valence-electron chi connectivity index (χ3n) is 3.57. The van der Waals surface area contributed by atoms with E-state index in [0.717, 1.165) is 5.92 Å². The summed E-state index contributed by atoms with van der Waals surface area (Å²) in [5, 5.41) is 3.92. The summed E-state index contributed by atoms with van der Waals surface area (Å²) in [5.41, 5.74) is 5.48. The molecule has 4 heteroatoms. The maximum Gasteiger partial charge on any atom is 0.238 e. The third kappa shape index (κ3) is 1.53. The Labute approximate surface area is 85.0 Å². The number of nitrogens with zero attached hydrogens (tertiary/aromatic N) is 2. The molecule has 0 bridgehead atoms. The first-order valence-electron chi connectivity index (χ1n) is 5.47. The van der Waals surface area contributed by atoms with Gasteiger partial charge in [0.15, 0.2) is 0 Å². The predicted octanol–water partition coefficient (Wildman–Crippen LogP) is 0.193. The third-order valence-corrected chi connectivity index (χ3v) is 3.57. The van der Waals surface area contributed by atoms with Crippen molar-refractivity contribution in [1.29, 1.82) is 0 Å². The van der Waals surface area contributed by atoms with Crippen molar-refractivity contribution in [2.24, 2.45) is 11.7 Å². The van der Waals surface area contributed by atoms with Crippen LogP contribution in [0.15, 0.2) is 0 Å². The quantitative estimate of drug-likeness (QED) is 0.703. The molecule has 1 unspecified atom stereocenters. The van der Waals surface area contributed by atoms with Gasteiger partial charge in [0, 0.05) is 32.6 Å². The van der Waals surface area contributed by atoms with E-state index in [1.54, 1.807) is 0 Å². The highest BCUT2D eigenvalue weighted by molar-refractivity contribution is 5.78. The van der Waals surface area contributed by atoms with E-state index in [1.165, 1.54) is 19.3 Å². The lowest BCUT2D eigenvalue weighted by molar-refractivity contribution is -0.137. The average Bonchev–Trinajstić information content (AvgIpc) is 2.31. The molecule has 14 heavy (non-hydrogen) atoms. The second-order valence-electron chi connectivity index (χ2n) is 4.34. The number of amides is 1. The number of nitrogens with two attached hydrogens (primary N) is 1. The molecule has 2 rings (SSSR count). The van der Waals surface area contributed by atoms with Crippen LogP contribution in [0.25, 0.3) is 0 Å². The number of hydrogen-bond donors (Lipinski definition) is 1. The van der Waals surface area contributed by atoms with Gasteiger partial charge in [0.25, 0.3) is 0 Å². The molecule has 1 atom stereocenters. The van der Waals surface area contributed by atoms with Crippen molar-refractivity contribution in [3.63, 3.8) is 0 Å². The van der Waals surface area contributed by atoms with Crippen LogP contribution in [-0.2, 0) is 4.79 Å². The van der Waals surface area contributed by atoms with Gasteiger partial charge in [-0.15, -0.1) is 0 Å². The summed E-state index contributed by atoms with van der Waals surface area (Å²) in [6, 6.07) is 0.447. The summed E-state index contributed by atoms with van der Waals surface area (Å²) in [5.74, 6) is 0.988. The maximum atomic E-state index is 11.7. The lowest BCUT2D eigenvalue weighted by atomic mass is 9.79. The molecule has 0 spiro atoms. The van der Waals surface area contributed by atoms with Crippen molar-refractivity contribution in [2.75, 3.05) is 20.1 Å². The lowest BCUT2D eigenvalue weighted by Gasteiger charge is -2.36. The highest BCUT2D eigenvalue weighted by Gasteiger charge is 2.40. The second kappa shape index (κ2) is 3.87. The molecule has 1 saturated heterocycles. The topological polar surface area (TPSA) is 49.6 Å². The van der Waals surface area contributed by atoms with Gasteiger partial charge in [-0.2, -0.15) is 0 Å². The van der Waals surface area contributed by atoms with Gasteiger partial charge in [0.2, 0.25) is 5.91 Å². The number of hydrazine groups is 1. The van der Waals surface area contributed by atoms with Gasteiger partial charge in [-0.25, -0.2) is 5.01 Å². The van der Waals surface area contributed by atoms with Gasteiger partial charge >= 0.3 is 0 Å². The first-order chi connectivity index (χ1) is 6.74. The van der Waals surface area contributed by atoms with Gasteiger partial charge in [0.1, 0.15) is 0 Å². The zero-order chi connectivity index (χ0) is 10.1. The van der Waals surface area contributed by atoms with Crippen LogP contribution >= 0.6 is 0 Å². The maximum absolute atomic E-state index is 11.7. The van der Waals surface area contributed by atoms with Crippen molar-refractivity contribution in [1.82, 2.24) is 10.0 Å². The van der Waals surface area contributed by atoms with Crippen LogP contribution in [-0.4, -0.2) is 42.1 Å². The van der Waals surface area contributed by atoms with E-state index < -0.39 is 0 Å². The molecule has 1 saturated carbocycles. The van der Waals surface area contributed by atoms with Crippen molar-refractivity contribution < 1.29 is 4.79 Å². The molecular formula is C10H19N3O. The van der Waals surface area contributed by atoms with E-state index in [2.05, 4.69) is 5.01 Å². The number of hydrogen-bond acceptors (Lipinski definition) is 3. The van der Waals surface area contributed by atoms with Gasteiger partial charge in [-0.3, -0.25) is 9.80 Å². The van der Waals surface area contributed by atoms with Gasteiger partial charge in [-0.1, -0.05) is 6.42 Å². The van der Waals surface area contributed by atoms with E-state index >= 15 is 0 Å². The Morgan fingerprint density at radius 3 is 2.71 bits per heavy atom. The number of carbonyl (C=O) groups is 1. The number of carbonyl (C=O) groups excluding carboxylic acids is 1. The van der Waals surface area contributed by atoms with Crippen LogP contribution in [0.5, 0.6) is 0 Å². The van der Waals surface area contributed by atoms with Crippen LogP contribution in [0, 0.1) is 5.92 Å². The molecule has 0 aromatic carbocycles. The molecule has 0 aromatic rings. The Balaban J connectivity index is 1.98. The fourth-order valence-corrected chi connectivity index (χ4v) is 2.47. The minimum atomic E-state index is 0.245. The zero-order valence-electron chi connectivity index (χ0n) is 8.78. The summed E-state index contributed by atoms with van der Waals surface area (Å²) in [4.78, 5) is 11.7. The smallest absolute Gasteiger partial charge is 0.238 e. The van der Waals surface area contributed by atoms with Crippen LogP contribution < -0.4 is 5.73 Å². The fourth-order valence-electron chi connectivity index (χ4n) is 2.47. The van der Waals surface area contributed by atoms with E-state index in [-0.39, 0.29) is 5.91 Å². The average molecular weight is 197 g/mol. The lowest BCUT2D eigenvalue weighted by Crippen LogP contribution is -2.45. The van der Waals surface area contributed by atoms with E-state index in [9.17, 15) is 4.79 Å². The molecule has 4 nitrogen and oxygen atoms in total. The van der Waals surface area contributed by atoms with E-state index in [0.29, 0.717) is 25.6 Å². The van der Waals surface area contributed by atoms with Crippen LogP contribution in [0.2, 0.25) is 0 Å². The summed E-state index contributed by atoms with van der Waals surface area (Å²) < 4.78 is 0. The molecule has 2 aliphatic rings. The largest absolute Gasteiger partial charge is 0.329 e. The van der Waals surface area contributed by atoms with Crippen LogP contribution in [0.4, 0.5) is 0 Å². The first-order valence-corrected chi connectivity index (χ1v) is 5.47. The highest BCUT2D eigenvalue weighted by Crippen LogP contribution is 2.36. The highest BCUT2D eigenvalue weighted by atomic mass is 16.2. The normalized spacial score (nSPS) is 29.7. The Hall–Kier alpha value is -0.610. The molecule has 1 heterocycles. The minimum absolute atomic E-state index is 0.245. The summed E-state index contributed by atoms with van der Waals surface area (Å²) >= 11 is 0. The molecular weight excluding hydrogens is 178 g/mol. The van der Waals surface area contributed by atoms with E-state index in [1.807, 2.05) is 12.1 Å². The Kier molecular flexibility index (Phi) is 2.74. The Morgan fingerprint density at radius 1 is 1.50 bits per heavy atom.